The lowest BCUT2D eigenvalue weighted by atomic mass is 9.86. The molecule has 0 N–H and O–H groups in total. The molecule has 0 atom stereocenters. The van der Waals surface area contributed by atoms with E-state index < -0.39 is 0 Å². The predicted molar refractivity (Wildman–Crippen MR) is 200 cm³/mol. The van der Waals surface area contributed by atoms with Gasteiger partial charge in [0.2, 0.25) is 0 Å². The van der Waals surface area contributed by atoms with Crippen molar-refractivity contribution in [1.82, 2.24) is 19.9 Å². The molecule has 0 spiro atoms. The third-order valence-electron chi connectivity index (χ3n) is 11.1. The second-order valence-corrected chi connectivity index (χ2v) is 14.1. The normalized spacial score (nSPS) is 15.8. The molecule has 4 aromatic heterocycles. The Morgan fingerprint density at radius 3 is 1.34 bits per heavy atom. The number of hydrogen-bond acceptors (Lipinski definition) is 6. The highest BCUT2D eigenvalue weighted by Crippen LogP contribution is 2.37. The SMILES string of the molecule is N#Cc1cc(-c2cccc(-c3cc(C#N)c4ccc5ccc(C6CCCCC6)nc5c4n3)c2)nc2c1ccc1ccc(C3CCCCC3)nc12. The predicted octanol–water partition coefficient (Wildman–Crippen LogP) is 11.1. The molecule has 3 aromatic carbocycles. The molecule has 4 heterocycles. The van der Waals surface area contributed by atoms with E-state index in [0.717, 1.165) is 66.1 Å². The molecule has 6 heteroatoms. The van der Waals surface area contributed by atoms with Crippen LogP contribution >= 0.6 is 0 Å². The molecule has 242 valence electrons. The number of fused-ring (bicyclic) bond motifs is 6. The molecular weight excluding hydrogens is 613 g/mol. The molecular formula is C44H36N6. The lowest BCUT2D eigenvalue weighted by molar-refractivity contribution is 0.437. The summed E-state index contributed by atoms with van der Waals surface area (Å²) >= 11 is 0. The molecule has 9 rings (SSSR count). The Morgan fingerprint density at radius 2 is 0.900 bits per heavy atom. The smallest absolute Gasteiger partial charge is 0.0999 e. The Hall–Kier alpha value is -5.72. The van der Waals surface area contributed by atoms with Gasteiger partial charge in [-0.25, -0.2) is 9.97 Å². The summed E-state index contributed by atoms with van der Waals surface area (Å²) in [5, 5.41) is 24.2. The minimum absolute atomic E-state index is 0.470. The van der Waals surface area contributed by atoms with Crippen LogP contribution in [0.5, 0.6) is 0 Å². The Morgan fingerprint density at radius 1 is 0.460 bits per heavy atom. The van der Waals surface area contributed by atoms with Gasteiger partial charge in [-0.1, -0.05) is 93.1 Å². The molecule has 6 nitrogen and oxygen atoms in total. The lowest BCUT2D eigenvalue weighted by Crippen LogP contribution is -2.06. The zero-order valence-corrected chi connectivity index (χ0v) is 28.0. The standard InChI is InChI=1S/C44H36N6/c45-25-33-23-39(49-43-35(33)18-14-29-16-20-37(47-41(29)43)27-8-3-1-4-9-27)31-12-7-13-32(22-31)40-24-34(26-46)36-19-15-30-17-21-38(28-10-5-2-6-11-28)48-42(30)44(36)50-40/h7,12-24,27-28H,1-6,8-11H2. The average molecular weight is 649 g/mol. The summed E-state index contributed by atoms with van der Waals surface area (Å²) < 4.78 is 0. The van der Waals surface area contributed by atoms with Crippen LogP contribution in [0.25, 0.3) is 66.1 Å². The van der Waals surface area contributed by atoms with Gasteiger partial charge in [0.1, 0.15) is 0 Å². The number of nitrogens with zero attached hydrogens (tertiary/aromatic N) is 6. The zero-order valence-electron chi connectivity index (χ0n) is 28.0. The first kappa shape index (κ1) is 30.3. The largest absolute Gasteiger partial charge is 0.250 e. The van der Waals surface area contributed by atoms with Gasteiger partial charge >= 0.3 is 0 Å². The van der Waals surface area contributed by atoms with E-state index in [0.29, 0.717) is 34.4 Å². The van der Waals surface area contributed by atoms with Gasteiger partial charge in [0.25, 0.3) is 0 Å². The Labute approximate surface area is 291 Å². The third-order valence-corrected chi connectivity index (χ3v) is 11.1. The molecule has 0 amide bonds. The summed E-state index contributed by atoms with van der Waals surface area (Å²) in [6, 6.07) is 33.4. The molecule has 0 bridgehead atoms. The maximum Gasteiger partial charge on any atom is 0.0999 e. The van der Waals surface area contributed by atoms with Gasteiger partial charge in [0.05, 0.1) is 56.7 Å². The zero-order chi connectivity index (χ0) is 33.6. The van der Waals surface area contributed by atoms with E-state index in [2.05, 4.69) is 42.5 Å². The number of hydrogen-bond donors (Lipinski definition) is 0. The van der Waals surface area contributed by atoms with Gasteiger partial charge in [0, 0.05) is 55.9 Å². The molecule has 0 radical (unpaired) electrons. The Bertz CT molecular complexity index is 2370. The van der Waals surface area contributed by atoms with E-state index in [-0.39, 0.29) is 0 Å². The highest BCUT2D eigenvalue weighted by atomic mass is 14.8. The number of rotatable bonds is 4. The number of aromatic nitrogens is 4. The summed E-state index contributed by atoms with van der Waals surface area (Å²) in [6.07, 6.45) is 12.2. The van der Waals surface area contributed by atoms with Crippen LogP contribution in [0.3, 0.4) is 0 Å². The van der Waals surface area contributed by atoms with Crippen molar-refractivity contribution in [3.63, 3.8) is 0 Å². The van der Waals surface area contributed by atoms with Gasteiger partial charge in [0.15, 0.2) is 0 Å². The number of pyridine rings is 4. The summed E-state index contributed by atoms with van der Waals surface area (Å²) in [6.45, 7) is 0. The minimum atomic E-state index is 0.470. The molecule has 2 aliphatic carbocycles. The topological polar surface area (TPSA) is 99.1 Å². The molecule has 0 unspecified atom stereocenters. The van der Waals surface area contributed by atoms with Crippen molar-refractivity contribution in [3.05, 3.63) is 107 Å². The number of benzene rings is 3. The summed E-state index contributed by atoms with van der Waals surface area (Å²) in [5.74, 6) is 0.940. The average Bonchev–Trinajstić information content (AvgIpc) is 3.20. The second-order valence-electron chi connectivity index (χ2n) is 14.1. The third kappa shape index (κ3) is 5.33. The van der Waals surface area contributed by atoms with Crippen molar-refractivity contribution in [3.8, 4) is 34.7 Å². The highest BCUT2D eigenvalue weighted by Gasteiger charge is 2.21. The van der Waals surface area contributed by atoms with Crippen molar-refractivity contribution < 1.29 is 0 Å². The van der Waals surface area contributed by atoms with Crippen molar-refractivity contribution in [2.75, 3.05) is 0 Å². The van der Waals surface area contributed by atoms with Crippen molar-refractivity contribution in [1.29, 1.82) is 10.5 Å². The van der Waals surface area contributed by atoms with E-state index in [4.69, 9.17) is 19.9 Å². The first-order valence-corrected chi connectivity index (χ1v) is 18.1. The van der Waals surface area contributed by atoms with Crippen molar-refractivity contribution in [2.24, 2.45) is 0 Å². The van der Waals surface area contributed by atoms with Crippen LogP contribution in [0.15, 0.2) is 84.9 Å². The van der Waals surface area contributed by atoms with Crippen LogP contribution < -0.4 is 0 Å². The van der Waals surface area contributed by atoms with Crippen LogP contribution in [-0.2, 0) is 0 Å². The Balaban J connectivity index is 1.17. The van der Waals surface area contributed by atoms with Crippen LogP contribution in [0.1, 0.15) is 98.6 Å². The summed E-state index contributed by atoms with van der Waals surface area (Å²) in [5.41, 5.74) is 9.76. The summed E-state index contributed by atoms with van der Waals surface area (Å²) in [7, 11) is 0. The lowest BCUT2D eigenvalue weighted by Gasteiger charge is -2.21. The van der Waals surface area contributed by atoms with Gasteiger partial charge < -0.3 is 0 Å². The van der Waals surface area contributed by atoms with Gasteiger partial charge in [-0.15, -0.1) is 0 Å². The Kier molecular flexibility index (Phi) is 7.66. The molecule has 50 heavy (non-hydrogen) atoms. The second kappa shape index (κ2) is 12.6. The van der Waals surface area contributed by atoms with Gasteiger partial charge in [-0.2, -0.15) is 10.5 Å². The maximum atomic E-state index is 10.3. The van der Waals surface area contributed by atoms with Gasteiger partial charge in [-0.05, 0) is 56.0 Å². The van der Waals surface area contributed by atoms with Crippen molar-refractivity contribution >= 4 is 43.6 Å². The van der Waals surface area contributed by atoms with E-state index in [1.165, 1.54) is 64.2 Å². The molecule has 2 saturated carbocycles. The first-order chi connectivity index (χ1) is 24.7. The highest BCUT2D eigenvalue weighted by molar-refractivity contribution is 6.07. The van der Waals surface area contributed by atoms with Crippen LogP contribution in [0, 0.1) is 22.7 Å². The fraction of sp³-hybridized carbons (Fsp3) is 0.273. The minimum Gasteiger partial charge on any atom is -0.250 e. The van der Waals surface area contributed by atoms with E-state index in [1.807, 2.05) is 54.6 Å². The monoisotopic (exact) mass is 648 g/mol. The molecule has 2 fully saturated rings. The first-order valence-electron chi connectivity index (χ1n) is 18.1. The number of nitriles is 2. The van der Waals surface area contributed by atoms with E-state index in [9.17, 15) is 10.5 Å². The molecule has 7 aromatic rings. The van der Waals surface area contributed by atoms with E-state index in [1.54, 1.807) is 0 Å². The maximum absolute atomic E-state index is 10.3. The molecule has 2 aliphatic rings. The fourth-order valence-electron chi connectivity index (χ4n) is 8.34. The molecule has 0 aliphatic heterocycles. The van der Waals surface area contributed by atoms with Crippen LogP contribution in [0.2, 0.25) is 0 Å². The van der Waals surface area contributed by atoms with Crippen LogP contribution in [-0.4, -0.2) is 19.9 Å². The van der Waals surface area contributed by atoms with Gasteiger partial charge in [-0.3, -0.25) is 9.97 Å². The van der Waals surface area contributed by atoms with Crippen molar-refractivity contribution in [2.45, 2.75) is 76.0 Å². The van der Waals surface area contributed by atoms with E-state index >= 15 is 0 Å². The summed E-state index contributed by atoms with van der Waals surface area (Å²) in [4.78, 5) is 20.8. The quantitative estimate of drug-likeness (QED) is 0.176. The molecule has 0 saturated heterocycles. The fourth-order valence-corrected chi connectivity index (χ4v) is 8.34. The van der Waals surface area contributed by atoms with Crippen LogP contribution in [0.4, 0.5) is 0 Å².